The maximum Gasteiger partial charge on any atom is 0.191 e. The van der Waals surface area contributed by atoms with Gasteiger partial charge in [-0.1, -0.05) is 12.1 Å². The van der Waals surface area contributed by atoms with Gasteiger partial charge in [-0.25, -0.2) is 4.39 Å². The van der Waals surface area contributed by atoms with Crippen LogP contribution in [-0.4, -0.2) is 40.4 Å². The molecular weight excluding hydrogens is 361 g/mol. The molecule has 0 aliphatic carbocycles. The topological polar surface area (TPSA) is 64.1 Å². The molecule has 0 aliphatic rings. The molecule has 2 N–H and O–H groups in total. The van der Waals surface area contributed by atoms with Crippen molar-refractivity contribution in [2.45, 2.75) is 19.9 Å². The van der Waals surface area contributed by atoms with E-state index in [1.807, 2.05) is 31.2 Å². The minimum absolute atomic E-state index is 0.267. The number of hydrogen-bond donors (Lipinski definition) is 2. The van der Waals surface area contributed by atoms with Crippen molar-refractivity contribution in [3.05, 3.63) is 53.3 Å². The third-order valence-electron chi connectivity index (χ3n) is 4.13. The minimum atomic E-state index is -0.363. The van der Waals surface area contributed by atoms with Crippen LogP contribution in [0, 0.1) is 5.82 Å². The Morgan fingerprint density at radius 3 is 2.32 bits per heavy atom. The average Bonchev–Trinajstić information content (AvgIpc) is 2.72. The zero-order chi connectivity index (χ0) is 20.4. The van der Waals surface area contributed by atoms with E-state index < -0.39 is 0 Å². The van der Waals surface area contributed by atoms with Gasteiger partial charge in [-0.3, -0.25) is 4.99 Å². The normalized spacial score (nSPS) is 11.1. The monoisotopic (exact) mass is 389 g/mol. The molecule has 0 bridgehead atoms. The lowest BCUT2D eigenvalue weighted by Crippen LogP contribution is -2.37. The van der Waals surface area contributed by atoms with Crippen LogP contribution in [0.1, 0.15) is 18.1 Å². The van der Waals surface area contributed by atoms with E-state index in [0.717, 1.165) is 17.5 Å². The van der Waals surface area contributed by atoms with Gasteiger partial charge in [0.1, 0.15) is 0 Å². The largest absolute Gasteiger partial charge is 0.493 e. The molecule has 7 heteroatoms. The van der Waals surface area contributed by atoms with Crippen LogP contribution < -0.4 is 24.8 Å². The Bertz CT molecular complexity index is 796. The lowest BCUT2D eigenvalue weighted by Gasteiger charge is -2.13. The van der Waals surface area contributed by atoms with Gasteiger partial charge < -0.3 is 24.8 Å². The van der Waals surface area contributed by atoms with Gasteiger partial charge in [-0.05, 0) is 48.7 Å². The summed E-state index contributed by atoms with van der Waals surface area (Å²) >= 11 is 0. The first kappa shape index (κ1) is 21.3. The van der Waals surface area contributed by atoms with Crippen LogP contribution in [0.3, 0.4) is 0 Å². The summed E-state index contributed by atoms with van der Waals surface area (Å²) in [6.07, 6.45) is 0.790. The second kappa shape index (κ2) is 11.0. The molecule has 0 aromatic heterocycles. The molecule has 152 valence electrons. The Balaban J connectivity index is 1.84. The molecule has 0 spiro atoms. The number of halogens is 1. The maximum absolute atomic E-state index is 13.9. The zero-order valence-corrected chi connectivity index (χ0v) is 16.8. The van der Waals surface area contributed by atoms with Gasteiger partial charge in [0.25, 0.3) is 0 Å². The highest BCUT2D eigenvalue weighted by Gasteiger charge is 2.06. The van der Waals surface area contributed by atoms with Crippen molar-refractivity contribution in [3.8, 4) is 17.2 Å². The molecule has 2 aromatic rings. The third kappa shape index (κ3) is 6.04. The zero-order valence-electron chi connectivity index (χ0n) is 16.8. The Morgan fingerprint density at radius 2 is 1.68 bits per heavy atom. The molecular formula is C21H28FN3O3. The van der Waals surface area contributed by atoms with Crippen molar-refractivity contribution in [3.63, 3.8) is 0 Å². The van der Waals surface area contributed by atoms with Crippen molar-refractivity contribution in [1.29, 1.82) is 0 Å². The number of rotatable bonds is 9. The van der Waals surface area contributed by atoms with Gasteiger partial charge in [0, 0.05) is 20.1 Å². The van der Waals surface area contributed by atoms with Crippen LogP contribution in [0.4, 0.5) is 4.39 Å². The van der Waals surface area contributed by atoms with Crippen LogP contribution in [-0.2, 0) is 13.0 Å². The SMILES string of the molecule is CCOc1ccc(CNC(=NC)NCCc2ccc(OC)c(OC)c2)cc1F. The second-order valence-electron chi connectivity index (χ2n) is 5.99. The number of aliphatic imine (C=N–C) groups is 1. The third-order valence-corrected chi connectivity index (χ3v) is 4.13. The summed E-state index contributed by atoms with van der Waals surface area (Å²) in [5, 5.41) is 6.43. The van der Waals surface area contributed by atoms with Crippen LogP contribution in [0.15, 0.2) is 41.4 Å². The first-order valence-electron chi connectivity index (χ1n) is 9.17. The van der Waals surface area contributed by atoms with E-state index in [4.69, 9.17) is 14.2 Å². The number of methoxy groups -OCH3 is 2. The van der Waals surface area contributed by atoms with E-state index in [2.05, 4.69) is 15.6 Å². The highest BCUT2D eigenvalue weighted by atomic mass is 19.1. The summed E-state index contributed by atoms with van der Waals surface area (Å²) in [6.45, 7) is 3.41. The minimum Gasteiger partial charge on any atom is -0.493 e. The maximum atomic E-state index is 13.9. The van der Waals surface area contributed by atoms with Crippen LogP contribution in [0.2, 0.25) is 0 Å². The fourth-order valence-corrected chi connectivity index (χ4v) is 2.69. The summed E-state index contributed by atoms with van der Waals surface area (Å²) in [6, 6.07) is 10.8. The fourth-order valence-electron chi connectivity index (χ4n) is 2.69. The molecule has 0 saturated carbocycles. The molecule has 0 atom stereocenters. The standard InChI is InChI=1S/C21H28FN3O3/c1-5-28-18-8-7-16(12-17(18)22)14-25-21(23-2)24-11-10-15-6-9-19(26-3)20(13-15)27-4/h6-9,12-13H,5,10-11,14H2,1-4H3,(H2,23,24,25). The Kier molecular flexibility index (Phi) is 8.39. The summed E-state index contributed by atoms with van der Waals surface area (Å²) < 4.78 is 29.7. The quantitative estimate of drug-likeness (QED) is 0.510. The number of guanidine groups is 1. The number of ether oxygens (including phenoxy) is 3. The van der Waals surface area contributed by atoms with E-state index in [1.165, 1.54) is 6.07 Å². The average molecular weight is 389 g/mol. The summed E-state index contributed by atoms with van der Waals surface area (Å²) in [5.41, 5.74) is 1.93. The van der Waals surface area contributed by atoms with Gasteiger partial charge in [0.15, 0.2) is 29.0 Å². The number of benzene rings is 2. The molecule has 0 amide bonds. The summed E-state index contributed by atoms with van der Waals surface area (Å²) in [7, 11) is 4.94. The van der Waals surface area contributed by atoms with Crippen molar-refractivity contribution >= 4 is 5.96 Å². The van der Waals surface area contributed by atoms with Crippen molar-refractivity contribution in [2.24, 2.45) is 4.99 Å². The van der Waals surface area contributed by atoms with Gasteiger partial charge in [0.2, 0.25) is 0 Å². The second-order valence-corrected chi connectivity index (χ2v) is 5.99. The molecule has 0 heterocycles. The van der Waals surface area contributed by atoms with E-state index in [9.17, 15) is 4.39 Å². The molecule has 2 rings (SSSR count). The van der Waals surface area contributed by atoms with E-state index in [0.29, 0.717) is 37.2 Å². The van der Waals surface area contributed by atoms with Crippen LogP contribution in [0.5, 0.6) is 17.2 Å². The first-order chi connectivity index (χ1) is 13.6. The van der Waals surface area contributed by atoms with Crippen LogP contribution in [0.25, 0.3) is 0 Å². The molecule has 0 fully saturated rings. The van der Waals surface area contributed by atoms with Crippen molar-refractivity contribution in [1.82, 2.24) is 10.6 Å². The van der Waals surface area contributed by atoms with Crippen LogP contribution >= 0.6 is 0 Å². The highest BCUT2D eigenvalue weighted by molar-refractivity contribution is 5.79. The number of hydrogen-bond acceptors (Lipinski definition) is 4. The summed E-state index contributed by atoms with van der Waals surface area (Å²) in [4.78, 5) is 4.20. The summed E-state index contributed by atoms with van der Waals surface area (Å²) in [5.74, 6) is 1.97. The highest BCUT2D eigenvalue weighted by Crippen LogP contribution is 2.27. The molecule has 0 unspecified atom stereocenters. The van der Waals surface area contributed by atoms with E-state index >= 15 is 0 Å². The lowest BCUT2D eigenvalue weighted by molar-refractivity contribution is 0.321. The lowest BCUT2D eigenvalue weighted by atomic mass is 10.1. The Labute approximate surface area is 165 Å². The van der Waals surface area contributed by atoms with Gasteiger partial charge >= 0.3 is 0 Å². The number of nitrogens with one attached hydrogen (secondary N) is 2. The molecule has 0 aliphatic heterocycles. The van der Waals surface area contributed by atoms with Gasteiger partial charge in [0.05, 0.1) is 20.8 Å². The molecule has 6 nitrogen and oxygen atoms in total. The fraction of sp³-hybridized carbons (Fsp3) is 0.381. The molecule has 0 radical (unpaired) electrons. The number of nitrogens with zero attached hydrogens (tertiary/aromatic N) is 1. The predicted molar refractivity (Wildman–Crippen MR) is 109 cm³/mol. The van der Waals surface area contributed by atoms with Crippen molar-refractivity contribution in [2.75, 3.05) is 34.4 Å². The van der Waals surface area contributed by atoms with Gasteiger partial charge in [-0.2, -0.15) is 0 Å². The molecule has 2 aromatic carbocycles. The smallest absolute Gasteiger partial charge is 0.191 e. The van der Waals surface area contributed by atoms with Gasteiger partial charge in [-0.15, -0.1) is 0 Å². The van der Waals surface area contributed by atoms with E-state index in [1.54, 1.807) is 27.3 Å². The Hall–Kier alpha value is -2.96. The predicted octanol–water partition coefficient (Wildman–Crippen LogP) is 3.15. The molecule has 28 heavy (non-hydrogen) atoms. The van der Waals surface area contributed by atoms with Crippen molar-refractivity contribution < 1.29 is 18.6 Å². The molecule has 0 saturated heterocycles. The van der Waals surface area contributed by atoms with E-state index in [-0.39, 0.29) is 11.6 Å². The first-order valence-corrected chi connectivity index (χ1v) is 9.17. The Morgan fingerprint density at radius 1 is 0.964 bits per heavy atom.